The fraction of sp³-hybridized carbons (Fsp3) is 0.435. The highest BCUT2D eigenvalue weighted by Gasteiger charge is 2.31. The summed E-state index contributed by atoms with van der Waals surface area (Å²) < 4.78 is 30.0. The second-order valence-corrected chi connectivity index (χ2v) is 8.95. The molecule has 0 saturated carbocycles. The van der Waals surface area contributed by atoms with E-state index < -0.39 is 19.8 Å². The standard InChI is InChI=1S/C23H32NO5P/c1-4-20(5-2)16-27-23(25)19(3)24-30(26,28-17-21-12-8-6-9-13-21)29-18-22-14-10-7-11-15-22/h6-15,19-20H,4-5,16-18H2,1-3H3,(H,24,26)/t19-/m0/s1. The average molecular weight is 433 g/mol. The lowest BCUT2D eigenvalue weighted by Crippen LogP contribution is -2.35. The monoisotopic (exact) mass is 433 g/mol. The van der Waals surface area contributed by atoms with E-state index in [0.29, 0.717) is 12.5 Å². The van der Waals surface area contributed by atoms with Gasteiger partial charge in [0.15, 0.2) is 0 Å². The summed E-state index contributed by atoms with van der Waals surface area (Å²) in [5.74, 6) is -0.162. The van der Waals surface area contributed by atoms with Gasteiger partial charge in [-0.1, -0.05) is 87.4 Å². The molecule has 2 aromatic rings. The molecule has 0 radical (unpaired) electrons. The highest BCUT2D eigenvalue weighted by Crippen LogP contribution is 2.46. The Morgan fingerprint density at radius 2 is 1.37 bits per heavy atom. The first kappa shape index (κ1) is 24.3. The van der Waals surface area contributed by atoms with Gasteiger partial charge in [-0.2, -0.15) is 0 Å². The van der Waals surface area contributed by atoms with E-state index >= 15 is 0 Å². The summed E-state index contributed by atoms with van der Waals surface area (Å²) in [5, 5.41) is 2.73. The van der Waals surface area contributed by atoms with Crippen LogP contribution in [0, 0.1) is 5.92 Å². The Hall–Kier alpha value is -1.98. The molecule has 30 heavy (non-hydrogen) atoms. The zero-order valence-electron chi connectivity index (χ0n) is 18.0. The molecule has 0 saturated heterocycles. The topological polar surface area (TPSA) is 73.9 Å². The van der Waals surface area contributed by atoms with E-state index in [2.05, 4.69) is 18.9 Å². The third-order valence-electron chi connectivity index (χ3n) is 4.81. The van der Waals surface area contributed by atoms with Crippen molar-refractivity contribution >= 4 is 13.7 Å². The Balaban J connectivity index is 2.01. The molecular formula is C23H32NO5P. The normalized spacial score (nSPS) is 12.7. The van der Waals surface area contributed by atoms with E-state index in [9.17, 15) is 9.36 Å². The van der Waals surface area contributed by atoms with Crippen LogP contribution in [0.25, 0.3) is 0 Å². The summed E-state index contributed by atoms with van der Waals surface area (Å²) in [5.41, 5.74) is 1.71. The lowest BCUT2D eigenvalue weighted by Gasteiger charge is -2.23. The van der Waals surface area contributed by atoms with Crippen molar-refractivity contribution in [2.75, 3.05) is 6.61 Å². The first-order valence-electron chi connectivity index (χ1n) is 10.4. The number of nitrogens with one attached hydrogen (secondary N) is 1. The van der Waals surface area contributed by atoms with Crippen molar-refractivity contribution in [2.24, 2.45) is 5.92 Å². The molecule has 7 heteroatoms. The van der Waals surface area contributed by atoms with Gasteiger partial charge in [-0.25, -0.2) is 9.65 Å². The lowest BCUT2D eigenvalue weighted by atomic mass is 10.1. The fourth-order valence-electron chi connectivity index (χ4n) is 2.72. The maximum Gasteiger partial charge on any atom is 0.406 e. The molecular weight excluding hydrogens is 401 g/mol. The quantitative estimate of drug-likeness (QED) is 0.333. The molecule has 2 aromatic carbocycles. The maximum absolute atomic E-state index is 13.4. The number of hydrogen-bond donors (Lipinski definition) is 1. The summed E-state index contributed by atoms with van der Waals surface area (Å²) in [6.45, 7) is 6.25. The first-order chi connectivity index (χ1) is 14.5. The third kappa shape index (κ3) is 8.41. The number of esters is 1. The van der Waals surface area contributed by atoms with Gasteiger partial charge >= 0.3 is 13.7 Å². The average Bonchev–Trinajstić information content (AvgIpc) is 2.78. The van der Waals surface area contributed by atoms with Crippen LogP contribution in [0.2, 0.25) is 0 Å². The van der Waals surface area contributed by atoms with Crippen LogP contribution in [0.15, 0.2) is 60.7 Å². The van der Waals surface area contributed by atoms with Crippen LogP contribution < -0.4 is 5.09 Å². The molecule has 0 amide bonds. The predicted molar refractivity (Wildman–Crippen MR) is 118 cm³/mol. The molecule has 164 valence electrons. The van der Waals surface area contributed by atoms with Crippen molar-refractivity contribution in [3.05, 3.63) is 71.8 Å². The number of carbonyl (C=O) groups excluding carboxylic acids is 1. The zero-order valence-corrected chi connectivity index (χ0v) is 18.8. The molecule has 0 aromatic heterocycles. The van der Waals surface area contributed by atoms with E-state index in [1.54, 1.807) is 6.92 Å². The summed E-state index contributed by atoms with van der Waals surface area (Å²) in [6.07, 6.45) is 1.87. The van der Waals surface area contributed by atoms with Crippen LogP contribution in [0.4, 0.5) is 0 Å². The minimum atomic E-state index is -3.77. The summed E-state index contributed by atoms with van der Waals surface area (Å²) in [6, 6.07) is 17.9. The second-order valence-electron chi connectivity index (χ2n) is 7.18. The summed E-state index contributed by atoms with van der Waals surface area (Å²) in [4.78, 5) is 12.4. The van der Waals surface area contributed by atoms with Crippen molar-refractivity contribution in [3.63, 3.8) is 0 Å². The summed E-state index contributed by atoms with van der Waals surface area (Å²) >= 11 is 0. The van der Waals surface area contributed by atoms with Crippen LogP contribution in [0.5, 0.6) is 0 Å². The number of rotatable bonds is 13. The van der Waals surface area contributed by atoms with Crippen molar-refractivity contribution in [2.45, 2.75) is 52.9 Å². The van der Waals surface area contributed by atoms with Gasteiger partial charge in [0.25, 0.3) is 0 Å². The molecule has 1 N–H and O–H groups in total. The zero-order chi connectivity index (χ0) is 21.8. The molecule has 0 aliphatic heterocycles. The van der Waals surface area contributed by atoms with Crippen molar-refractivity contribution < 1.29 is 23.1 Å². The second kappa shape index (κ2) is 12.7. The Bertz CT molecular complexity index is 748. The highest BCUT2D eigenvalue weighted by molar-refractivity contribution is 7.51. The molecule has 1 atom stereocenters. The molecule has 0 heterocycles. The first-order valence-corrected chi connectivity index (χ1v) is 11.9. The maximum atomic E-state index is 13.4. The largest absolute Gasteiger partial charge is 0.464 e. The molecule has 0 aliphatic carbocycles. The van der Waals surface area contributed by atoms with Crippen LogP contribution in [-0.2, 0) is 36.4 Å². The number of ether oxygens (including phenoxy) is 1. The van der Waals surface area contributed by atoms with Gasteiger partial charge in [0.2, 0.25) is 0 Å². The van der Waals surface area contributed by atoms with Gasteiger partial charge in [0, 0.05) is 0 Å². The van der Waals surface area contributed by atoms with Gasteiger partial charge in [0.05, 0.1) is 19.8 Å². The number of benzene rings is 2. The third-order valence-corrected chi connectivity index (χ3v) is 6.45. The Labute approximate surface area is 179 Å². The van der Waals surface area contributed by atoms with Crippen LogP contribution in [-0.4, -0.2) is 18.6 Å². The Morgan fingerprint density at radius 3 is 1.80 bits per heavy atom. The Kier molecular flexibility index (Phi) is 10.2. The highest BCUT2D eigenvalue weighted by atomic mass is 31.2. The minimum absolute atomic E-state index is 0.0927. The molecule has 6 nitrogen and oxygen atoms in total. The molecule has 0 spiro atoms. The molecule has 0 bridgehead atoms. The van der Waals surface area contributed by atoms with Gasteiger partial charge in [0.1, 0.15) is 6.04 Å². The van der Waals surface area contributed by atoms with Crippen molar-refractivity contribution in [1.82, 2.24) is 5.09 Å². The van der Waals surface area contributed by atoms with Crippen LogP contribution in [0.1, 0.15) is 44.7 Å². The van der Waals surface area contributed by atoms with Crippen molar-refractivity contribution in [1.29, 1.82) is 0 Å². The van der Waals surface area contributed by atoms with Gasteiger partial charge in [-0.3, -0.25) is 13.8 Å². The van der Waals surface area contributed by atoms with E-state index in [0.717, 1.165) is 24.0 Å². The molecule has 0 unspecified atom stereocenters. The lowest BCUT2D eigenvalue weighted by molar-refractivity contribution is -0.146. The molecule has 2 rings (SSSR count). The Morgan fingerprint density at radius 1 is 0.900 bits per heavy atom. The van der Waals surface area contributed by atoms with Crippen molar-refractivity contribution in [3.8, 4) is 0 Å². The van der Waals surface area contributed by atoms with Gasteiger partial charge < -0.3 is 4.74 Å². The predicted octanol–water partition coefficient (Wildman–Crippen LogP) is 5.49. The molecule has 0 aliphatic rings. The smallest absolute Gasteiger partial charge is 0.406 e. The van der Waals surface area contributed by atoms with Gasteiger partial charge in [-0.05, 0) is 24.0 Å². The van der Waals surface area contributed by atoms with E-state index in [4.69, 9.17) is 13.8 Å². The minimum Gasteiger partial charge on any atom is -0.464 e. The van der Waals surface area contributed by atoms with E-state index in [1.165, 1.54) is 0 Å². The van der Waals surface area contributed by atoms with Crippen LogP contribution in [0.3, 0.4) is 0 Å². The summed E-state index contributed by atoms with van der Waals surface area (Å²) in [7, 11) is -3.77. The number of hydrogen-bond acceptors (Lipinski definition) is 5. The fourth-order valence-corrected chi connectivity index (χ4v) is 4.16. The van der Waals surface area contributed by atoms with Gasteiger partial charge in [-0.15, -0.1) is 0 Å². The van der Waals surface area contributed by atoms with E-state index in [-0.39, 0.29) is 13.2 Å². The van der Waals surface area contributed by atoms with Crippen LogP contribution >= 0.6 is 7.75 Å². The SMILES string of the molecule is CCC(CC)COC(=O)[C@H](C)NP(=O)(OCc1ccccc1)OCc1ccccc1. The molecule has 0 fully saturated rings. The van der Waals surface area contributed by atoms with E-state index in [1.807, 2.05) is 60.7 Å². The number of carbonyl (C=O) groups is 1.